The number of nitrogens with zero attached hydrogens (tertiary/aromatic N) is 4. The Morgan fingerprint density at radius 1 is 0.500 bits per heavy atom. The van der Waals surface area contributed by atoms with Crippen LogP contribution in [-0.2, 0) is 12.4 Å². The van der Waals surface area contributed by atoms with Gasteiger partial charge < -0.3 is 39.3 Å². The Labute approximate surface area is 316 Å². The second kappa shape index (κ2) is 20.5. The number of piperidine rings is 4. The quantitative estimate of drug-likeness (QED) is 0.229. The molecule has 4 heterocycles. The summed E-state index contributed by atoms with van der Waals surface area (Å²) in [5.74, 6) is 0.678. The molecule has 2 aromatic carbocycles. The molecule has 4 aliphatic heterocycles. The molecule has 8 nitrogen and oxygen atoms in total. The number of alkyl halides is 6. The van der Waals surface area contributed by atoms with Gasteiger partial charge in [0.25, 0.3) is 0 Å². The van der Waals surface area contributed by atoms with Gasteiger partial charge in [0.05, 0.1) is 11.1 Å². The number of β-amino-alcohol motifs (C(OH)–C–C–N with tert-alkyl or cyclic N) is 2. The van der Waals surface area contributed by atoms with E-state index in [1.807, 2.05) is 0 Å². The lowest BCUT2D eigenvalue weighted by Gasteiger charge is -2.40. The van der Waals surface area contributed by atoms with E-state index in [0.717, 1.165) is 76.1 Å². The van der Waals surface area contributed by atoms with E-state index in [-0.39, 0.29) is 13.2 Å². The van der Waals surface area contributed by atoms with Crippen LogP contribution in [0.3, 0.4) is 0 Å². The predicted octanol–water partition coefficient (Wildman–Crippen LogP) is 6.79. The monoisotopic (exact) mass is 772 g/mol. The molecule has 14 heteroatoms. The maximum Gasteiger partial charge on any atom is 0.416 e. The highest BCUT2D eigenvalue weighted by atomic mass is 19.4. The minimum atomic E-state index is -4.35. The molecule has 0 spiro atoms. The van der Waals surface area contributed by atoms with E-state index in [1.165, 1.54) is 89.0 Å². The van der Waals surface area contributed by atoms with E-state index in [4.69, 9.17) is 9.47 Å². The van der Waals surface area contributed by atoms with E-state index >= 15 is 0 Å². The van der Waals surface area contributed by atoms with Crippen molar-refractivity contribution in [1.82, 2.24) is 19.6 Å². The largest absolute Gasteiger partial charge is 0.491 e. The molecule has 4 aliphatic rings. The standard InChI is InChI=1S/2C20H29F3N2O2/c2*21-20(22,23)16-4-6-19(7-5-16)27-15-18(26)14-24-12-8-17(9-13-24)25-10-2-1-3-11-25/h2*4-7,17-18,26H,1-3,8-15H2/t2*18-/m11/s1. The summed E-state index contributed by atoms with van der Waals surface area (Å²) in [4.78, 5) is 9.73. The number of rotatable bonds is 12. The first kappa shape index (κ1) is 42.5. The smallest absolute Gasteiger partial charge is 0.416 e. The van der Waals surface area contributed by atoms with Gasteiger partial charge in [-0.3, -0.25) is 0 Å². The van der Waals surface area contributed by atoms with E-state index in [1.54, 1.807) is 0 Å². The molecule has 2 N–H and O–H groups in total. The highest BCUT2D eigenvalue weighted by Crippen LogP contribution is 2.31. The third-order valence-corrected chi connectivity index (χ3v) is 11.1. The van der Waals surface area contributed by atoms with Crippen LogP contribution in [0, 0.1) is 0 Å². The summed E-state index contributed by atoms with van der Waals surface area (Å²) in [7, 11) is 0. The van der Waals surface area contributed by atoms with Crippen LogP contribution in [0.5, 0.6) is 11.5 Å². The molecule has 304 valence electrons. The molecule has 0 aromatic heterocycles. The molecular weight excluding hydrogens is 714 g/mol. The van der Waals surface area contributed by atoms with Crippen LogP contribution in [0.15, 0.2) is 48.5 Å². The number of hydrogen-bond donors (Lipinski definition) is 2. The number of benzene rings is 2. The van der Waals surface area contributed by atoms with E-state index in [9.17, 15) is 36.6 Å². The van der Waals surface area contributed by atoms with Crippen molar-refractivity contribution in [2.45, 2.75) is 101 Å². The van der Waals surface area contributed by atoms with Crippen LogP contribution in [0.25, 0.3) is 0 Å². The van der Waals surface area contributed by atoms with Gasteiger partial charge in [-0.2, -0.15) is 26.3 Å². The number of aliphatic hydroxyl groups is 2. The van der Waals surface area contributed by atoms with Crippen molar-refractivity contribution in [3.8, 4) is 11.5 Å². The molecule has 2 aromatic rings. The Bertz CT molecular complexity index is 1230. The van der Waals surface area contributed by atoms with E-state index in [0.29, 0.717) is 36.7 Å². The Kier molecular flexibility index (Phi) is 16.2. The van der Waals surface area contributed by atoms with Crippen LogP contribution < -0.4 is 9.47 Å². The number of aliphatic hydroxyl groups excluding tert-OH is 2. The van der Waals surface area contributed by atoms with Gasteiger partial charge in [-0.25, -0.2) is 0 Å². The lowest BCUT2D eigenvalue weighted by atomic mass is 10.00. The minimum Gasteiger partial charge on any atom is -0.491 e. The first-order valence-electron chi connectivity index (χ1n) is 19.7. The second-order valence-electron chi connectivity index (χ2n) is 15.2. The molecule has 0 saturated carbocycles. The second-order valence-corrected chi connectivity index (χ2v) is 15.2. The van der Waals surface area contributed by atoms with Crippen molar-refractivity contribution in [1.29, 1.82) is 0 Å². The van der Waals surface area contributed by atoms with E-state index < -0.39 is 35.7 Å². The van der Waals surface area contributed by atoms with Crippen molar-refractivity contribution in [2.24, 2.45) is 0 Å². The zero-order valence-electron chi connectivity index (χ0n) is 31.3. The summed E-state index contributed by atoms with van der Waals surface area (Å²) in [5.41, 5.74) is -1.40. The molecule has 0 aliphatic carbocycles. The first-order valence-corrected chi connectivity index (χ1v) is 19.7. The van der Waals surface area contributed by atoms with Crippen molar-refractivity contribution in [3.63, 3.8) is 0 Å². The molecule has 0 radical (unpaired) electrons. The zero-order valence-corrected chi connectivity index (χ0v) is 31.3. The van der Waals surface area contributed by atoms with Crippen LogP contribution in [-0.4, -0.2) is 133 Å². The Morgan fingerprint density at radius 2 is 0.815 bits per heavy atom. The molecule has 54 heavy (non-hydrogen) atoms. The van der Waals surface area contributed by atoms with Gasteiger partial charge in [0.15, 0.2) is 0 Å². The van der Waals surface area contributed by atoms with Crippen LogP contribution >= 0.6 is 0 Å². The topological polar surface area (TPSA) is 71.9 Å². The summed E-state index contributed by atoms with van der Waals surface area (Å²) in [6, 6.07) is 10.5. The molecule has 2 atom stereocenters. The van der Waals surface area contributed by atoms with Gasteiger partial charge in [-0.05, 0) is 152 Å². The Morgan fingerprint density at radius 3 is 1.11 bits per heavy atom. The minimum absolute atomic E-state index is 0.0808. The van der Waals surface area contributed by atoms with Crippen molar-refractivity contribution >= 4 is 0 Å². The number of ether oxygens (including phenoxy) is 2. The van der Waals surface area contributed by atoms with Crippen LogP contribution in [0.2, 0.25) is 0 Å². The number of hydrogen-bond acceptors (Lipinski definition) is 8. The SMILES string of the molecule is O[C@@H](COc1ccc(C(F)(F)F)cc1)CN1CCC(N2CCCCC2)CC1.O[C@@H](COc1ccc(C(F)(F)F)cc1)CN1CCC(N2CCCCC2)CC1. The fourth-order valence-electron chi connectivity index (χ4n) is 8.07. The van der Waals surface area contributed by atoms with Gasteiger partial charge in [-0.1, -0.05) is 12.8 Å². The molecule has 6 rings (SSSR count). The third kappa shape index (κ3) is 13.8. The van der Waals surface area contributed by atoms with E-state index in [2.05, 4.69) is 19.6 Å². The maximum atomic E-state index is 12.6. The first-order chi connectivity index (χ1) is 25.8. The van der Waals surface area contributed by atoms with Gasteiger partial charge in [-0.15, -0.1) is 0 Å². The zero-order chi connectivity index (χ0) is 38.6. The summed E-state index contributed by atoms with van der Waals surface area (Å²) < 4.78 is 86.2. The fourth-order valence-corrected chi connectivity index (χ4v) is 8.07. The lowest BCUT2D eigenvalue weighted by molar-refractivity contribution is -0.138. The Balaban J connectivity index is 0.000000208. The summed E-state index contributed by atoms with van der Waals surface area (Å²) in [5, 5.41) is 20.4. The van der Waals surface area contributed by atoms with Gasteiger partial charge in [0, 0.05) is 25.2 Å². The summed E-state index contributed by atoms with van der Waals surface area (Å²) >= 11 is 0. The molecule has 4 fully saturated rings. The fraction of sp³-hybridized carbons (Fsp3) is 0.700. The highest BCUT2D eigenvalue weighted by molar-refractivity contribution is 5.29. The third-order valence-electron chi connectivity index (χ3n) is 11.1. The average molecular weight is 773 g/mol. The molecule has 4 saturated heterocycles. The predicted molar refractivity (Wildman–Crippen MR) is 196 cm³/mol. The lowest BCUT2D eigenvalue weighted by Crippen LogP contribution is -2.48. The molecular formula is C40H58F6N4O4. The summed E-state index contributed by atoms with van der Waals surface area (Å²) in [6.45, 7) is 9.98. The molecule has 0 bridgehead atoms. The van der Waals surface area contributed by atoms with Crippen molar-refractivity contribution in [2.75, 3.05) is 78.7 Å². The van der Waals surface area contributed by atoms with Crippen LogP contribution in [0.1, 0.15) is 75.3 Å². The maximum absolute atomic E-state index is 12.6. The van der Waals surface area contributed by atoms with Gasteiger partial charge >= 0.3 is 12.4 Å². The van der Waals surface area contributed by atoms with Crippen molar-refractivity contribution in [3.05, 3.63) is 59.7 Å². The summed E-state index contributed by atoms with van der Waals surface area (Å²) in [6.07, 6.45) is 2.44. The van der Waals surface area contributed by atoms with Crippen molar-refractivity contribution < 1.29 is 46.0 Å². The molecule has 0 unspecified atom stereocenters. The normalized spacial score (nSPS) is 21.9. The van der Waals surface area contributed by atoms with Crippen LogP contribution in [0.4, 0.5) is 26.3 Å². The highest BCUT2D eigenvalue weighted by Gasteiger charge is 2.32. The molecule has 0 amide bonds. The van der Waals surface area contributed by atoms with Gasteiger partial charge in [0.2, 0.25) is 0 Å². The average Bonchev–Trinajstić information content (AvgIpc) is 3.17. The number of likely N-dealkylation sites (tertiary alicyclic amines) is 4. The Hall–Kier alpha value is -2.62. The number of halogens is 6. The van der Waals surface area contributed by atoms with Gasteiger partial charge in [0.1, 0.15) is 36.9 Å².